The number of carbonyl (C=O) groups excluding carboxylic acids is 1. The van der Waals surface area contributed by atoms with Gasteiger partial charge in [-0.3, -0.25) is 34.5 Å². The molecule has 12 rings (SSSR count). The van der Waals surface area contributed by atoms with Gasteiger partial charge in [0, 0.05) is 96.3 Å². The third kappa shape index (κ3) is 8.82. The van der Waals surface area contributed by atoms with Crippen molar-refractivity contribution in [2.75, 3.05) is 51.5 Å². The minimum atomic E-state index is -0.259. The average Bonchev–Trinajstić information content (AvgIpc) is 3.95. The highest BCUT2D eigenvalue weighted by Gasteiger charge is 2.41. The molecular weight excluding hydrogens is 932 g/mol. The van der Waals surface area contributed by atoms with Crippen LogP contribution in [-0.4, -0.2) is 83.2 Å². The number of carbonyl (C=O) groups is 1. The highest BCUT2D eigenvalue weighted by molar-refractivity contribution is 9.10. The molecule has 336 valence electrons. The van der Waals surface area contributed by atoms with Crippen LogP contribution in [0.25, 0.3) is 33.8 Å². The molecule has 3 N–H and O–H groups in total. The second-order valence-electron chi connectivity index (χ2n) is 16.6. The van der Waals surface area contributed by atoms with Crippen molar-refractivity contribution in [3.63, 3.8) is 0 Å². The number of anilines is 5. The van der Waals surface area contributed by atoms with Crippen molar-refractivity contribution in [2.45, 2.75) is 38.8 Å². The zero-order valence-electron chi connectivity index (χ0n) is 36.5. The summed E-state index contributed by atoms with van der Waals surface area (Å²) in [5, 5.41) is 15.1. The third-order valence-electron chi connectivity index (χ3n) is 12.1. The first-order valence-electron chi connectivity index (χ1n) is 21.8. The Bertz CT molecular complexity index is 3250. The summed E-state index contributed by atoms with van der Waals surface area (Å²) in [6, 6.07) is 28.2. The van der Waals surface area contributed by atoms with Gasteiger partial charge >= 0.3 is 6.03 Å². The highest BCUT2D eigenvalue weighted by atomic mass is 79.9. The second kappa shape index (κ2) is 18.4. The third-order valence-corrected chi connectivity index (χ3v) is 13.0. The number of rotatable bonds is 4. The average molecular weight is 976 g/mol. The number of amides is 2. The monoisotopic (exact) mass is 974 g/mol. The van der Waals surface area contributed by atoms with E-state index in [1.165, 1.54) is 22.7 Å². The van der Waals surface area contributed by atoms with Crippen LogP contribution in [0.4, 0.5) is 33.5 Å². The van der Waals surface area contributed by atoms with Crippen molar-refractivity contribution in [2.24, 2.45) is 0 Å². The maximum absolute atomic E-state index is 13.2. The summed E-state index contributed by atoms with van der Waals surface area (Å²) in [5.41, 5.74) is 8.63. The Morgan fingerprint density at radius 3 is 2.30 bits per heavy atom. The smallest absolute Gasteiger partial charge is 0.327 e. The van der Waals surface area contributed by atoms with Crippen molar-refractivity contribution in [1.82, 2.24) is 38.9 Å². The van der Waals surface area contributed by atoms with E-state index in [1.54, 1.807) is 70.6 Å². The number of hydrogen-bond donors (Lipinski definition) is 3. The molecule has 16 nitrogen and oxygen atoms in total. The minimum absolute atomic E-state index is 0.0665. The first-order valence-corrected chi connectivity index (χ1v) is 23.0. The molecule has 4 aliphatic heterocycles. The van der Waals surface area contributed by atoms with Gasteiger partial charge in [-0.25, -0.2) is 24.3 Å². The van der Waals surface area contributed by atoms with Gasteiger partial charge in [0.2, 0.25) is 5.62 Å². The number of pyridine rings is 7. The Morgan fingerprint density at radius 2 is 1.57 bits per heavy atom. The fraction of sp³-hybridized carbons (Fsp3) is 0.204. The van der Waals surface area contributed by atoms with Crippen LogP contribution in [0.5, 0.6) is 0 Å². The number of hydrogen-bond acceptors (Lipinski definition) is 12. The van der Waals surface area contributed by atoms with E-state index in [0.29, 0.717) is 39.6 Å². The zero-order valence-corrected chi connectivity index (χ0v) is 38.9. The summed E-state index contributed by atoms with van der Waals surface area (Å²) in [4.78, 5) is 58.2. The van der Waals surface area contributed by atoms with Crippen LogP contribution in [0, 0.1) is 19.3 Å². The predicted molar refractivity (Wildman–Crippen MR) is 264 cm³/mol. The fourth-order valence-corrected chi connectivity index (χ4v) is 9.51. The summed E-state index contributed by atoms with van der Waals surface area (Å²) in [5.74, 6) is 2.07. The van der Waals surface area contributed by atoms with Crippen LogP contribution < -0.4 is 36.5 Å². The van der Waals surface area contributed by atoms with Crippen molar-refractivity contribution in [3.8, 4) is 28.3 Å². The van der Waals surface area contributed by atoms with Crippen molar-refractivity contribution in [1.29, 1.82) is 5.41 Å². The first kappa shape index (κ1) is 43.4. The molecule has 8 aromatic heterocycles. The van der Waals surface area contributed by atoms with Crippen LogP contribution in [0.15, 0.2) is 137 Å². The Kier molecular flexibility index (Phi) is 11.9. The Morgan fingerprint density at radius 1 is 0.806 bits per heavy atom. The molecule has 0 spiro atoms. The first-order chi connectivity index (χ1) is 32.6. The van der Waals surface area contributed by atoms with Crippen LogP contribution in [0.3, 0.4) is 0 Å². The van der Waals surface area contributed by atoms with Gasteiger partial charge in [-0.15, -0.1) is 0 Å². The molecule has 2 fully saturated rings. The van der Waals surface area contributed by atoms with Crippen LogP contribution in [0.2, 0.25) is 5.02 Å². The quantitative estimate of drug-likeness (QED) is 0.155. The molecule has 0 saturated carbocycles. The summed E-state index contributed by atoms with van der Waals surface area (Å²) in [7, 11) is 0. The SMILES string of the molecule is Cc1ccc(-c2nc3c(cc2Br)N2CC[C@@H](C2)N3)cn1.Cc1ccc(-c2nc3c(cc2Cl)N2CC[C@@H](C2)N3C(=O)Nc2cccnc2)cn1.N=c1n(-c2ccccn2)c(=O)cc2ccccn12. The molecule has 2 amide bonds. The lowest BCUT2D eigenvalue weighted by atomic mass is 10.1. The van der Waals surface area contributed by atoms with Gasteiger partial charge in [-0.05, 0) is 115 Å². The zero-order chi connectivity index (χ0) is 46.2. The second-order valence-corrected chi connectivity index (χ2v) is 17.8. The number of fused-ring (bicyclic) bond motifs is 9. The molecule has 0 aromatic carbocycles. The van der Waals surface area contributed by atoms with Gasteiger partial charge in [0.15, 0.2) is 11.6 Å². The molecule has 8 aromatic rings. The molecule has 0 radical (unpaired) electrons. The topological polar surface area (TPSA) is 178 Å². The highest BCUT2D eigenvalue weighted by Crippen LogP contribution is 2.43. The largest absolute Gasteiger partial charge is 0.366 e. The Balaban J connectivity index is 0.000000122. The van der Waals surface area contributed by atoms with Crippen LogP contribution in [-0.2, 0) is 0 Å². The maximum atomic E-state index is 13.2. The van der Waals surface area contributed by atoms with Crippen molar-refractivity contribution < 1.29 is 4.79 Å². The molecule has 67 heavy (non-hydrogen) atoms. The Hall–Kier alpha value is -7.50. The summed E-state index contributed by atoms with van der Waals surface area (Å²) < 4.78 is 3.93. The number of nitrogens with zero attached hydrogens (tertiary/aromatic N) is 11. The molecule has 4 bridgehead atoms. The van der Waals surface area contributed by atoms with Crippen molar-refractivity contribution in [3.05, 3.63) is 165 Å². The number of urea groups is 1. The molecule has 2 atom stereocenters. The van der Waals surface area contributed by atoms with E-state index >= 15 is 0 Å². The summed E-state index contributed by atoms with van der Waals surface area (Å²) in [6.45, 7) is 7.78. The Labute approximate surface area is 398 Å². The normalized spacial score (nSPS) is 16.2. The van der Waals surface area contributed by atoms with Gasteiger partial charge in [0.1, 0.15) is 5.82 Å². The molecule has 2 saturated heterocycles. The lowest BCUT2D eigenvalue weighted by Crippen LogP contribution is -2.48. The van der Waals surface area contributed by atoms with E-state index < -0.39 is 0 Å². The van der Waals surface area contributed by atoms with E-state index in [1.807, 2.05) is 62.5 Å². The van der Waals surface area contributed by atoms with E-state index in [9.17, 15) is 9.59 Å². The van der Waals surface area contributed by atoms with Gasteiger partial charge in [0.25, 0.3) is 5.56 Å². The fourth-order valence-electron chi connectivity index (χ4n) is 8.72. The molecule has 0 unspecified atom stereocenters. The number of halogens is 2. The molecule has 0 aliphatic carbocycles. The van der Waals surface area contributed by atoms with Gasteiger partial charge in [-0.1, -0.05) is 23.7 Å². The standard InChI is InChI=1S/C21H19ClN6O.C15H15BrN4.C13H10N4O/c1-13-4-5-14(10-24-13)19-17(22)9-18-20(26-19)28(16-6-8-27(18)12-16)21(29)25-15-3-2-7-23-11-15;1-9-2-3-10(7-17-9)14-12(16)6-13-15(19-14)18-11-4-5-20(13)8-11;14-13-16-8-4-2-5-10(16)9-12(18)17(13)11-6-1-3-7-15-11/h2-5,7,9-11,16H,6,8,12H2,1H3,(H,25,29);2-3,6-7,11H,4-5,8H2,1H3,(H,18,19);1-9,14H/t16-;11-;/m00./s1. The summed E-state index contributed by atoms with van der Waals surface area (Å²) in [6.07, 6.45) is 12.4. The van der Waals surface area contributed by atoms with E-state index in [2.05, 4.69) is 68.4 Å². The van der Waals surface area contributed by atoms with E-state index in [-0.39, 0.29) is 23.3 Å². The lowest BCUT2D eigenvalue weighted by molar-refractivity contribution is 0.255. The molecule has 18 heteroatoms. The molecular formula is C49H44BrClN14O2. The van der Waals surface area contributed by atoms with E-state index in [4.69, 9.17) is 27.0 Å². The van der Waals surface area contributed by atoms with Gasteiger partial charge in [0.05, 0.1) is 51.2 Å². The van der Waals surface area contributed by atoms with E-state index in [0.717, 1.165) is 76.8 Å². The van der Waals surface area contributed by atoms with Crippen molar-refractivity contribution >= 4 is 67.8 Å². The number of nitrogens with one attached hydrogen (secondary N) is 3. The maximum Gasteiger partial charge on any atom is 0.327 e. The predicted octanol–water partition coefficient (Wildman–Crippen LogP) is 8.31. The number of aromatic nitrogens is 8. The molecule has 12 heterocycles. The van der Waals surface area contributed by atoms with Crippen LogP contribution >= 0.6 is 27.5 Å². The number of aryl methyl sites for hydroxylation is 2. The lowest BCUT2D eigenvalue weighted by Gasteiger charge is -2.36. The van der Waals surface area contributed by atoms with Crippen LogP contribution in [0.1, 0.15) is 24.2 Å². The van der Waals surface area contributed by atoms with Gasteiger partial charge < -0.3 is 20.4 Å². The summed E-state index contributed by atoms with van der Waals surface area (Å²) >= 11 is 10.2. The molecule has 4 aliphatic rings. The minimum Gasteiger partial charge on any atom is -0.366 e. The van der Waals surface area contributed by atoms with Gasteiger partial charge in [-0.2, -0.15) is 0 Å².